The Kier molecular flexibility index (Phi) is 4.58. The zero-order chi connectivity index (χ0) is 16.4. The lowest BCUT2D eigenvalue weighted by molar-refractivity contribution is 0.0920. The molecule has 6 nitrogen and oxygen atoms in total. The highest BCUT2D eigenvalue weighted by molar-refractivity contribution is 6.30. The van der Waals surface area contributed by atoms with Crippen molar-refractivity contribution < 1.29 is 9.18 Å². The van der Waals surface area contributed by atoms with E-state index in [1.54, 1.807) is 12.1 Å². The van der Waals surface area contributed by atoms with E-state index < -0.39 is 5.82 Å². The van der Waals surface area contributed by atoms with Crippen molar-refractivity contribution in [2.24, 2.45) is 0 Å². The van der Waals surface area contributed by atoms with Gasteiger partial charge < -0.3 is 5.32 Å². The van der Waals surface area contributed by atoms with Crippen LogP contribution in [-0.4, -0.2) is 45.3 Å². The minimum Gasteiger partial charge on any atom is -0.346 e. The van der Waals surface area contributed by atoms with Gasteiger partial charge in [0, 0.05) is 6.54 Å². The highest BCUT2D eigenvalue weighted by Gasteiger charge is 2.36. The normalized spacial score (nSPS) is 21.5. The van der Waals surface area contributed by atoms with Crippen LogP contribution in [0.3, 0.4) is 0 Å². The van der Waals surface area contributed by atoms with Crippen molar-refractivity contribution in [3.05, 3.63) is 46.5 Å². The standard InChI is InChI=1S/C15H17ClFN5O/c1-2-22-6-5-12(19-15(23)13-8-18-21-20-13)14(22)9-3-4-10(16)11(17)7-9/h3-4,7-8,12,14H,2,5-6H2,1H3,(H,19,23)(H,18,20,21). The zero-order valence-corrected chi connectivity index (χ0v) is 13.3. The fourth-order valence-corrected chi connectivity index (χ4v) is 3.17. The predicted molar refractivity (Wildman–Crippen MR) is 83.7 cm³/mol. The average Bonchev–Trinajstić information content (AvgIpc) is 3.19. The van der Waals surface area contributed by atoms with Gasteiger partial charge in [-0.2, -0.15) is 15.4 Å². The van der Waals surface area contributed by atoms with Crippen LogP contribution in [0.25, 0.3) is 0 Å². The Labute approximate surface area is 138 Å². The number of nitrogens with one attached hydrogen (secondary N) is 2. The molecule has 2 atom stereocenters. The van der Waals surface area contributed by atoms with Crippen LogP contribution in [0, 0.1) is 5.82 Å². The molecule has 0 aliphatic carbocycles. The summed E-state index contributed by atoms with van der Waals surface area (Å²) in [6.45, 7) is 3.68. The number of benzene rings is 1. The molecule has 0 bridgehead atoms. The number of nitrogens with zero attached hydrogens (tertiary/aromatic N) is 3. The van der Waals surface area contributed by atoms with E-state index in [-0.39, 0.29) is 28.7 Å². The van der Waals surface area contributed by atoms with Crippen molar-refractivity contribution in [1.82, 2.24) is 25.6 Å². The summed E-state index contributed by atoms with van der Waals surface area (Å²) in [5.74, 6) is -0.741. The summed E-state index contributed by atoms with van der Waals surface area (Å²) in [7, 11) is 0. The van der Waals surface area contributed by atoms with Crippen LogP contribution < -0.4 is 5.32 Å². The first kappa shape index (κ1) is 15.9. The molecular weight excluding hydrogens is 321 g/mol. The molecule has 2 aromatic rings. The smallest absolute Gasteiger partial charge is 0.273 e. The Morgan fingerprint density at radius 3 is 3.04 bits per heavy atom. The van der Waals surface area contributed by atoms with Gasteiger partial charge in [0.1, 0.15) is 5.82 Å². The maximum absolute atomic E-state index is 13.8. The Bertz CT molecular complexity index is 693. The number of carbonyl (C=O) groups is 1. The molecule has 1 fully saturated rings. The number of H-pyrrole nitrogens is 1. The van der Waals surface area contributed by atoms with Crippen LogP contribution >= 0.6 is 11.6 Å². The Morgan fingerprint density at radius 1 is 1.57 bits per heavy atom. The zero-order valence-electron chi connectivity index (χ0n) is 12.6. The summed E-state index contributed by atoms with van der Waals surface area (Å²) in [6.07, 6.45) is 2.16. The van der Waals surface area contributed by atoms with E-state index in [1.165, 1.54) is 12.3 Å². The monoisotopic (exact) mass is 337 g/mol. The number of hydrogen-bond acceptors (Lipinski definition) is 4. The SMILES string of the molecule is CCN1CCC(NC(=O)c2cn[nH]n2)C1c1ccc(Cl)c(F)c1. The molecule has 1 aliphatic rings. The molecule has 3 rings (SSSR count). The Hall–Kier alpha value is -1.99. The van der Waals surface area contributed by atoms with Crippen LogP contribution in [0.15, 0.2) is 24.4 Å². The maximum atomic E-state index is 13.8. The summed E-state index contributed by atoms with van der Waals surface area (Å²) in [6, 6.07) is 4.58. The third-order valence-corrected chi connectivity index (χ3v) is 4.46. The van der Waals surface area contributed by atoms with E-state index in [0.29, 0.717) is 0 Å². The summed E-state index contributed by atoms with van der Waals surface area (Å²) in [5, 5.41) is 12.9. The number of carbonyl (C=O) groups excluding carboxylic acids is 1. The van der Waals surface area contributed by atoms with Crippen molar-refractivity contribution >= 4 is 17.5 Å². The number of amides is 1. The minimum atomic E-state index is -0.450. The van der Waals surface area contributed by atoms with Crippen molar-refractivity contribution in [2.75, 3.05) is 13.1 Å². The molecule has 23 heavy (non-hydrogen) atoms. The van der Waals surface area contributed by atoms with E-state index in [1.807, 2.05) is 6.92 Å². The maximum Gasteiger partial charge on any atom is 0.273 e. The molecule has 0 saturated carbocycles. The van der Waals surface area contributed by atoms with E-state index in [0.717, 1.165) is 25.1 Å². The van der Waals surface area contributed by atoms with Gasteiger partial charge in [0.15, 0.2) is 5.69 Å². The van der Waals surface area contributed by atoms with Gasteiger partial charge in [-0.1, -0.05) is 24.6 Å². The van der Waals surface area contributed by atoms with Gasteiger partial charge in [-0.15, -0.1) is 0 Å². The molecule has 2 unspecified atom stereocenters. The third-order valence-electron chi connectivity index (χ3n) is 4.16. The third kappa shape index (κ3) is 3.20. The van der Waals surface area contributed by atoms with Gasteiger partial charge in [0.25, 0.3) is 5.91 Å². The molecule has 1 amide bonds. The molecule has 122 valence electrons. The molecule has 8 heteroatoms. The molecule has 2 N–H and O–H groups in total. The topological polar surface area (TPSA) is 73.9 Å². The van der Waals surface area contributed by atoms with E-state index in [9.17, 15) is 9.18 Å². The van der Waals surface area contributed by atoms with Crippen LogP contribution in [0.1, 0.15) is 35.4 Å². The second-order valence-corrected chi connectivity index (χ2v) is 5.88. The number of rotatable bonds is 4. The first-order chi connectivity index (χ1) is 11.1. The summed E-state index contributed by atoms with van der Waals surface area (Å²) < 4.78 is 13.8. The Balaban J connectivity index is 1.84. The van der Waals surface area contributed by atoms with Crippen molar-refractivity contribution in [3.8, 4) is 0 Å². The lowest BCUT2D eigenvalue weighted by Gasteiger charge is -2.28. The number of aromatic amines is 1. The molecule has 1 aromatic heterocycles. The first-order valence-electron chi connectivity index (χ1n) is 7.45. The fourth-order valence-electron chi connectivity index (χ4n) is 3.06. The number of likely N-dealkylation sites (tertiary alicyclic amines) is 1. The van der Waals surface area contributed by atoms with E-state index in [2.05, 4.69) is 25.6 Å². The van der Waals surface area contributed by atoms with E-state index in [4.69, 9.17) is 11.6 Å². The summed E-state index contributed by atoms with van der Waals surface area (Å²) in [4.78, 5) is 14.4. The number of likely N-dealkylation sites (N-methyl/N-ethyl adjacent to an activating group) is 1. The van der Waals surface area contributed by atoms with Gasteiger partial charge >= 0.3 is 0 Å². The van der Waals surface area contributed by atoms with Crippen molar-refractivity contribution in [1.29, 1.82) is 0 Å². The molecule has 1 aliphatic heterocycles. The number of halogens is 2. The second kappa shape index (κ2) is 6.64. The highest BCUT2D eigenvalue weighted by Crippen LogP contribution is 2.33. The highest BCUT2D eigenvalue weighted by atomic mass is 35.5. The second-order valence-electron chi connectivity index (χ2n) is 5.47. The van der Waals surface area contributed by atoms with Crippen LogP contribution in [0.5, 0.6) is 0 Å². The molecule has 2 heterocycles. The van der Waals surface area contributed by atoms with Gasteiger partial charge in [-0.05, 0) is 30.7 Å². The summed E-state index contributed by atoms with van der Waals surface area (Å²) in [5.41, 5.74) is 1.04. The first-order valence-corrected chi connectivity index (χ1v) is 7.83. The molecular formula is C15H17ClFN5O. The van der Waals surface area contributed by atoms with Gasteiger partial charge in [-0.3, -0.25) is 9.69 Å². The largest absolute Gasteiger partial charge is 0.346 e. The lowest BCUT2D eigenvalue weighted by atomic mass is 9.99. The quantitative estimate of drug-likeness (QED) is 0.896. The number of aromatic nitrogens is 3. The molecule has 1 aromatic carbocycles. The van der Waals surface area contributed by atoms with E-state index >= 15 is 0 Å². The fraction of sp³-hybridized carbons (Fsp3) is 0.400. The minimum absolute atomic E-state index is 0.0948. The van der Waals surface area contributed by atoms with Crippen LogP contribution in [-0.2, 0) is 0 Å². The van der Waals surface area contributed by atoms with Gasteiger partial charge in [0.2, 0.25) is 0 Å². The lowest BCUT2D eigenvalue weighted by Crippen LogP contribution is -2.39. The van der Waals surface area contributed by atoms with Crippen LogP contribution in [0.2, 0.25) is 5.02 Å². The summed E-state index contributed by atoms with van der Waals surface area (Å²) >= 11 is 5.77. The Morgan fingerprint density at radius 2 is 2.39 bits per heavy atom. The average molecular weight is 338 g/mol. The van der Waals surface area contributed by atoms with Gasteiger partial charge in [-0.25, -0.2) is 4.39 Å². The van der Waals surface area contributed by atoms with Gasteiger partial charge in [0.05, 0.1) is 23.3 Å². The number of hydrogen-bond donors (Lipinski definition) is 2. The van der Waals surface area contributed by atoms with Crippen molar-refractivity contribution in [2.45, 2.75) is 25.4 Å². The molecule has 1 saturated heterocycles. The molecule has 0 radical (unpaired) electrons. The predicted octanol–water partition coefficient (Wildman–Crippen LogP) is 2.16. The van der Waals surface area contributed by atoms with Crippen LogP contribution in [0.4, 0.5) is 4.39 Å². The molecule has 0 spiro atoms. The van der Waals surface area contributed by atoms with Crippen molar-refractivity contribution in [3.63, 3.8) is 0 Å².